The lowest BCUT2D eigenvalue weighted by atomic mass is 10.1. The highest BCUT2D eigenvalue weighted by molar-refractivity contribution is 9.10. The number of hydrogen-bond acceptors (Lipinski definition) is 3. The van der Waals surface area contributed by atoms with Crippen LogP contribution in [0.25, 0.3) is 0 Å². The Morgan fingerprint density at radius 3 is 2.36 bits per heavy atom. The molecule has 1 aromatic carbocycles. The molecule has 0 aliphatic heterocycles. The van der Waals surface area contributed by atoms with Crippen molar-refractivity contribution in [2.45, 2.75) is 22.8 Å². The SMILES string of the molecule is CSc1cc(C(C)O)cc(Br)c1SC. The van der Waals surface area contributed by atoms with E-state index in [4.69, 9.17) is 0 Å². The monoisotopic (exact) mass is 292 g/mol. The van der Waals surface area contributed by atoms with Gasteiger partial charge in [-0.2, -0.15) is 0 Å². The third-order valence-corrected chi connectivity index (χ3v) is 4.57. The third kappa shape index (κ3) is 2.69. The van der Waals surface area contributed by atoms with Crippen LogP contribution in [0.4, 0.5) is 0 Å². The Labute approximate surface area is 102 Å². The molecule has 0 saturated heterocycles. The first kappa shape index (κ1) is 12.4. The van der Waals surface area contributed by atoms with E-state index in [0.717, 1.165) is 10.0 Å². The number of benzene rings is 1. The Morgan fingerprint density at radius 2 is 1.93 bits per heavy atom. The average Bonchev–Trinajstić information content (AvgIpc) is 2.16. The summed E-state index contributed by atoms with van der Waals surface area (Å²) in [5.41, 5.74) is 0.957. The van der Waals surface area contributed by atoms with Crippen molar-refractivity contribution >= 4 is 39.5 Å². The highest BCUT2D eigenvalue weighted by Gasteiger charge is 2.10. The van der Waals surface area contributed by atoms with Crippen LogP contribution >= 0.6 is 39.5 Å². The second-order valence-electron chi connectivity index (χ2n) is 2.91. The van der Waals surface area contributed by atoms with Crippen LogP contribution in [0.5, 0.6) is 0 Å². The molecule has 0 amide bonds. The lowest BCUT2D eigenvalue weighted by molar-refractivity contribution is 0.199. The highest BCUT2D eigenvalue weighted by Crippen LogP contribution is 2.37. The van der Waals surface area contributed by atoms with Gasteiger partial charge < -0.3 is 5.11 Å². The highest BCUT2D eigenvalue weighted by atomic mass is 79.9. The number of thioether (sulfide) groups is 2. The summed E-state index contributed by atoms with van der Waals surface area (Å²) < 4.78 is 1.06. The number of hydrogen-bond donors (Lipinski definition) is 1. The lowest BCUT2D eigenvalue weighted by Gasteiger charge is -2.12. The molecular weight excluding hydrogens is 280 g/mol. The van der Waals surface area contributed by atoms with Crippen molar-refractivity contribution in [3.8, 4) is 0 Å². The average molecular weight is 293 g/mol. The molecule has 4 heteroatoms. The fourth-order valence-corrected chi connectivity index (χ4v) is 3.84. The molecule has 14 heavy (non-hydrogen) atoms. The van der Waals surface area contributed by atoms with Crippen LogP contribution in [0.2, 0.25) is 0 Å². The fourth-order valence-electron chi connectivity index (χ4n) is 1.18. The summed E-state index contributed by atoms with van der Waals surface area (Å²) in [5.74, 6) is 0. The molecule has 0 radical (unpaired) electrons. The molecule has 0 fully saturated rings. The van der Waals surface area contributed by atoms with E-state index in [1.807, 2.05) is 18.4 Å². The minimum Gasteiger partial charge on any atom is -0.389 e. The van der Waals surface area contributed by atoms with Gasteiger partial charge in [0.15, 0.2) is 0 Å². The van der Waals surface area contributed by atoms with Gasteiger partial charge in [0.05, 0.1) is 6.10 Å². The third-order valence-electron chi connectivity index (χ3n) is 1.94. The summed E-state index contributed by atoms with van der Waals surface area (Å²) in [5, 5.41) is 9.49. The minimum absolute atomic E-state index is 0.409. The first-order valence-electron chi connectivity index (χ1n) is 4.19. The number of aliphatic hydroxyl groups is 1. The van der Waals surface area contributed by atoms with Gasteiger partial charge in [-0.15, -0.1) is 23.5 Å². The fraction of sp³-hybridized carbons (Fsp3) is 0.400. The molecule has 0 bridgehead atoms. The van der Waals surface area contributed by atoms with Crippen LogP contribution in [0, 0.1) is 0 Å². The summed E-state index contributed by atoms with van der Waals surface area (Å²) >= 11 is 6.94. The van der Waals surface area contributed by atoms with Crippen molar-refractivity contribution in [3.63, 3.8) is 0 Å². The molecule has 1 aromatic rings. The predicted molar refractivity (Wildman–Crippen MR) is 68.3 cm³/mol. The summed E-state index contributed by atoms with van der Waals surface area (Å²) in [6.07, 6.45) is 3.70. The van der Waals surface area contributed by atoms with Crippen molar-refractivity contribution in [1.82, 2.24) is 0 Å². The van der Waals surface area contributed by atoms with E-state index in [0.29, 0.717) is 0 Å². The Kier molecular flexibility index (Phi) is 4.83. The zero-order valence-electron chi connectivity index (χ0n) is 8.37. The molecule has 0 saturated carbocycles. The summed E-state index contributed by atoms with van der Waals surface area (Å²) in [7, 11) is 0. The van der Waals surface area contributed by atoms with Gasteiger partial charge in [-0.05, 0) is 53.1 Å². The van der Waals surface area contributed by atoms with E-state index in [-0.39, 0.29) is 0 Å². The Balaban J connectivity index is 3.24. The quantitative estimate of drug-likeness (QED) is 0.852. The molecule has 1 rings (SSSR count). The van der Waals surface area contributed by atoms with Crippen LogP contribution in [0.3, 0.4) is 0 Å². The second-order valence-corrected chi connectivity index (χ2v) is 5.43. The first-order valence-corrected chi connectivity index (χ1v) is 7.44. The molecule has 0 aromatic heterocycles. The zero-order valence-corrected chi connectivity index (χ0v) is 11.6. The smallest absolute Gasteiger partial charge is 0.0762 e. The van der Waals surface area contributed by atoms with E-state index in [2.05, 4.69) is 22.2 Å². The number of aliphatic hydroxyl groups excluding tert-OH is 1. The topological polar surface area (TPSA) is 20.2 Å². The van der Waals surface area contributed by atoms with Crippen molar-refractivity contribution in [2.75, 3.05) is 12.5 Å². The standard InChI is InChI=1S/C10H13BrOS2/c1-6(12)7-4-8(11)10(14-3)9(5-7)13-2/h4-6,12H,1-3H3. The van der Waals surface area contributed by atoms with Gasteiger partial charge in [0.25, 0.3) is 0 Å². The van der Waals surface area contributed by atoms with Gasteiger partial charge in [-0.25, -0.2) is 0 Å². The summed E-state index contributed by atoms with van der Waals surface area (Å²) in [6, 6.07) is 4.03. The summed E-state index contributed by atoms with van der Waals surface area (Å²) in [6.45, 7) is 1.78. The van der Waals surface area contributed by atoms with Crippen molar-refractivity contribution in [2.24, 2.45) is 0 Å². The van der Waals surface area contributed by atoms with Crippen LogP contribution in [0.15, 0.2) is 26.4 Å². The van der Waals surface area contributed by atoms with Gasteiger partial charge in [0.2, 0.25) is 0 Å². The van der Waals surface area contributed by atoms with Gasteiger partial charge in [-0.3, -0.25) is 0 Å². The van der Waals surface area contributed by atoms with E-state index >= 15 is 0 Å². The van der Waals surface area contributed by atoms with Gasteiger partial charge in [0, 0.05) is 14.3 Å². The summed E-state index contributed by atoms with van der Waals surface area (Å²) in [4.78, 5) is 2.45. The Bertz CT molecular complexity index is 326. The van der Waals surface area contributed by atoms with Crippen LogP contribution in [-0.4, -0.2) is 17.6 Å². The minimum atomic E-state index is -0.409. The van der Waals surface area contributed by atoms with Crippen molar-refractivity contribution < 1.29 is 5.11 Å². The van der Waals surface area contributed by atoms with Gasteiger partial charge in [0.1, 0.15) is 0 Å². The first-order chi connectivity index (χ1) is 6.60. The molecule has 1 atom stereocenters. The molecule has 1 unspecified atom stereocenters. The van der Waals surface area contributed by atoms with Crippen molar-refractivity contribution in [3.05, 3.63) is 22.2 Å². The molecule has 0 heterocycles. The Hall–Kier alpha value is 0.360. The van der Waals surface area contributed by atoms with Crippen LogP contribution in [0.1, 0.15) is 18.6 Å². The lowest BCUT2D eigenvalue weighted by Crippen LogP contribution is -1.93. The molecular formula is C10H13BrOS2. The Morgan fingerprint density at radius 1 is 1.29 bits per heavy atom. The van der Waals surface area contributed by atoms with Crippen LogP contribution < -0.4 is 0 Å². The van der Waals surface area contributed by atoms with E-state index in [9.17, 15) is 5.11 Å². The van der Waals surface area contributed by atoms with Gasteiger partial charge >= 0.3 is 0 Å². The molecule has 1 nitrogen and oxygen atoms in total. The molecule has 0 aliphatic rings. The van der Waals surface area contributed by atoms with Gasteiger partial charge in [-0.1, -0.05) is 0 Å². The molecule has 1 N–H and O–H groups in total. The largest absolute Gasteiger partial charge is 0.389 e. The molecule has 78 valence electrons. The maximum atomic E-state index is 9.49. The number of rotatable bonds is 3. The predicted octanol–water partition coefficient (Wildman–Crippen LogP) is 3.95. The second kappa shape index (κ2) is 5.45. The maximum Gasteiger partial charge on any atom is 0.0762 e. The molecule has 0 aliphatic carbocycles. The van der Waals surface area contributed by atoms with Crippen molar-refractivity contribution in [1.29, 1.82) is 0 Å². The number of halogens is 1. The normalized spacial score (nSPS) is 12.9. The molecule has 0 spiro atoms. The van der Waals surface area contributed by atoms with Crippen LogP contribution in [-0.2, 0) is 0 Å². The van der Waals surface area contributed by atoms with E-state index < -0.39 is 6.10 Å². The van der Waals surface area contributed by atoms with E-state index in [1.165, 1.54) is 9.79 Å². The maximum absolute atomic E-state index is 9.49. The zero-order chi connectivity index (χ0) is 10.7. The van der Waals surface area contributed by atoms with E-state index in [1.54, 1.807) is 30.4 Å².